The maximum Gasteiger partial charge on any atom is 0.407 e. The molecule has 1 rings (SSSR count). The summed E-state index contributed by atoms with van der Waals surface area (Å²) < 4.78 is 5.14. The summed E-state index contributed by atoms with van der Waals surface area (Å²) in [5.74, 6) is 0. The maximum absolute atomic E-state index is 11.5. The highest BCUT2D eigenvalue weighted by Crippen LogP contribution is 2.16. The number of carbonyl (C=O) groups excluding carboxylic acids is 1. The molecule has 0 bridgehead atoms. The van der Waals surface area contributed by atoms with E-state index >= 15 is 0 Å². The highest BCUT2D eigenvalue weighted by Gasteiger charge is 2.14. The molecule has 1 amide bonds. The number of nitrogens with one attached hydrogen (secondary N) is 1. The fraction of sp³-hybridized carbons (Fsp3) is 0.375. The van der Waals surface area contributed by atoms with Crippen LogP contribution in [0, 0.1) is 11.3 Å². The largest absolute Gasteiger partial charge is 0.444 e. The van der Waals surface area contributed by atoms with Crippen molar-refractivity contribution in [2.45, 2.75) is 31.7 Å². The van der Waals surface area contributed by atoms with Gasteiger partial charge >= 0.3 is 6.09 Å². The van der Waals surface area contributed by atoms with Gasteiger partial charge in [-0.15, -0.1) is 0 Å². The van der Waals surface area contributed by atoms with Crippen LogP contribution in [0.2, 0.25) is 0 Å². The van der Waals surface area contributed by atoms with Gasteiger partial charge < -0.3 is 10.1 Å². The van der Waals surface area contributed by atoms with E-state index in [-0.39, 0.29) is 0 Å². The Morgan fingerprint density at radius 2 is 2.19 bits per heavy atom. The summed E-state index contributed by atoms with van der Waals surface area (Å²) in [6.07, 6.45) is 3.26. The Morgan fingerprint density at radius 1 is 1.48 bits per heavy atom. The third-order valence-electron chi connectivity index (χ3n) is 2.48. The van der Waals surface area contributed by atoms with Crippen LogP contribution in [0.5, 0.6) is 0 Å². The first-order valence-electron chi connectivity index (χ1n) is 6.58. The minimum atomic E-state index is -0.502. The fourth-order valence-corrected chi connectivity index (χ4v) is 2.09. The summed E-state index contributed by atoms with van der Waals surface area (Å²) in [5, 5.41) is 12.3. The summed E-state index contributed by atoms with van der Waals surface area (Å²) in [6.45, 7) is 5.82. The van der Waals surface area contributed by atoms with Gasteiger partial charge in [0.05, 0.1) is 11.6 Å². The van der Waals surface area contributed by atoms with Gasteiger partial charge in [-0.1, -0.05) is 34.1 Å². The molecule has 0 aliphatic heterocycles. The smallest absolute Gasteiger partial charge is 0.407 e. The van der Waals surface area contributed by atoms with Gasteiger partial charge in [-0.05, 0) is 44.0 Å². The average Bonchev–Trinajstić information content (AvgIpc) is 2.41. The number of ether oxygens (including phenoxy) is 1. The van der Waals surface area contributed by atoms with E-state index in [4.69, 9.17) is 10.00 Å². The van der Waals surface area contributed by atoms with Crippen LogP contribution >= 0.6 is 15.9 Å². The van der Waals surface area contributed by atoms with Crippen molar-refractivity contribution in [3.63, 3.8) is 0 Å². The van der Waals surface area contributed by atoms with Gasteiger partial charge in [-0.2, -0.15) is 5.26 Å². The van der Waals surface area contributed by atoms with Crippen LogP contribution in [-0.4, -0.2) is 18.2 Å². The van der Waals surface area contributed by atoms with Crippen LogP contribution in [-0.2, 0) is 10.1 Å². The van der Waals surface area contributed by atoms with Crippen LogP contribution in [0.15, 0.2) is 24.3 Å². The SMILES string of the molecule is CC(C)(C)OC(=O)NCC=Cc1cc(C#N)ccc1CBr. The molecule has 0 spiro atoms. The number of nitriles is 1. The Kier molecular flexibility index (Phi) is 6.44. The van der Waals surface area contributed by atoms with Gasteiger partial charge in [0, 0.05) is 11.9 Å². The lowest BCUT2D eigenvalue weighted by Gasteiger charge is -2.19. The average molecular weight is 351 g/mol. The molecular formula is C16H19BrN2O2. The van der Waals surface area contributed by atoms with Crippen molar-refractivity contribution in [3.8, 4) is 6.07 Å². The number of hydrogen-bond acceptors (Lipinski definition) is 3. The van der Waals surface area contributed by atoms with E-state index in [1.54, 1.807) is 6.07 Å². The minimum Gasteiger partial charge on any atom is -0.444 e. The van der Waals surface area contributed by atoms with Gasteiger partial charge in [0.2, 0.25) is 0 Å². The van der Waals surface area contributed by atoms with E-state index in [1.807, 2.05) is 45.1 Å². The summed E-state index contributed by atoms with van der Waals surface area (Å²) in [6, 6.07) is 7.63. The van der Waals surface area contributed by atoms with Crippen molar-refractivity contribution < 1.29 is 9.53 Å². The van der Waals surface area contributed by atoms with Crippen molar-refractivity contribution >= 4 is 28.1 Å². The summed E-state index contributed by atoms with van der Waals surface area (Å²) in [7, 11) is 0. The molecule has 0 aliphatic carbocycles. The molecule has 112 valence electrons. The molecule has 0 atom stereocenters. The van der Waals surface area contributed by atoms with Gasteiger partial charge in [0.1, 0.15) is 5.60 Å². The lowest BCUT2D eigenvalue weighted by atomic mass is 10.1. The van der Waals surface area contributed by atoms with Crippen molar-refractivity contribution in [3.05, 3.63) is 41.0 Å². The zero-order chi connectivity index (χ0) is 15.9. The predicted octanol–water partition coefficient (Wildman–Crippen LogP) is 3.99. The second-order valence-corrected chi connectivity index (χ2v) is 6.00. The molecule has 0 heterocycles. The maximum atomic E-state index is 11.5. The quantitative estimate of drug-likeness (QED) is 0.835. The molecule has 1 aromatic carbocycles. The Bertz CT molecular complexity index is 569. The standard InChI is InChI=1S/C16H19BrN2O2/c1-16(2,3)21-15(20)19-8-4-5-13-9-12(11-18)6-7-14(13)10-17/h4-7,9H,8,10H2,1-3H3,(H,19,20). The minimum absolute atomic E-state index is 0.368. The van der Waals surface area contributed by atoms with Crippen LogP contribution in [0.25, 0.3) is 6.08 Å². The summed E-state index contributed by atoms with van der Waals surface area (Å²) in [4.78, 5) is 11.5. The Morgan fingerprint density at radius 3 is 2.76 bits per heavy atom. The van der Waals surface area contributed by atoms with E-state index in [1.165, 1.54) is 0 Å². The number of halogens is 1. The molecule has 5 heteroatoms. The second-order valence-electron chi connectivity index (χ2n) is 5.44. The third-order valence-corrected chi connectivity index (χ3v) is 3.08. The summed E-state index contributed by atoms with van der Waals surface area (Å²) >= 11 is 3.41. The molecule has 0 saturated heterocycles. The highest BCUT2D eigenvalue weighted by molar-refractivity contribution is 9.08. The van der Waals surface area contributed by atoms with E-state index < -0.39 is 11.7 Å². The van der Waals surface area contributed by atoms with Gasteiger partial charge in [-0.25, -0.2) is 4.79 Å². The Labute approximate surface area is 133 Å². The zero-order valence-corrected chi connectivity index (χ0v) is 14.0. The van der Waals surface area contributed by atoms with Crippen LogP contribution < -0.4 is 5.32 Å². The summed E-state index contributed by atoms with van der Waals surface area (Å²) in [5.41, 5.74) is 2.15. The predicted molar refractivity (Wildman–Crippen MR) is 87.1 cm³/mol. The monoisotopic (exact) mass is 350 g/mol. The highest BCUT2D eigenvalue weighted by atomic mass is 79.9. The van der Waals surface area contributed by atoms with Crippen LogP contribution in [0.1, 0.15) is 37.5 Å². The number of benzene rings is 1. The number of alkyl halides is 1. The first-order chi connectivity index (χ1) is 9.85. The molecule has 0 unspecified atom stereocenters. The Hall–Kier alpha value is -1.80. The lowest BCUT2D eigenvalue weighted by molar-refractivity contribution is 0.0534. The lowest BCUT2D eigenvalue weighted by Crippen LogP contribution is -2.32. The molecule has 4 nitrogen and oxygen atoms in total. The number of hydrogen-bond donors (Lipinski definition) is 1. The molecule has 21 heavy (non-hydrogen) atoms. The van der Waals surface area contributed by atoms with E-state index in [2.05, 4.69) is 27.3 Å². The number of alkyl carbamates (subject to hydrolysis) is 1. The number of carbonyl (C=O) groups is 1. The Balaban J connectivity index is 2.61. The molecular weight excluding hydrogens is 332 g/mol. The van der Waals surface area contributed by atoms with Crippen molar-refractivity contribution in [1.82, 2.24) is 5.32 Å². The third kappa shape index (κ3) is 6.46. The van der Waals surface area contributed by atoms with E-state index in [0.29, 0.717) is 17.4 Å². The van der Waals surface area contributed by atoms with Gasteiger partial charge in [0.25, 0.3) is 0 Å². The molecule has 1 aromatic rings. The topological polar surface area (TPSA) is 62.1 Å². The first kappa shape index (κ1) is 17.3. The number of rotatable bonds is 4. The number of nitrogens with zero attached hydrogens (tertiary/aromatic N) is 1. The van der Waals surface area contributed by atoms with Crippen LogP contribution in [0.3, 0.4) is 0 Å². The van der Waals surface area contributed by atoms with Gasteiger partial charge in [0.15, 0.2) is 0 Å². The molecule has 0 aliphatic rings. The normalized spacial score (nSPS) is 11.2. The molecule has 0 aromatic heterocycles. The van der Waals surface area contributed by atoms with Crippen LogP contribution in [0.4, 0.5) is 4.79 Å². The first-order valence-corrected chi connectivity index (χ1v) is 7.70. The van der Waals surface area contributed by atoms with E-state index in [0.717, 1.165) is 11.1 Å². The molecule has 0 fully saturated rings. The zero-order valence-electron chi connectivity index (χ0n) is 12.4. The fourth-order valence-electron chi connectivity index (χ4n) is 1.58. The van der Waals surface area contributed by atoms with E-state index in [9.17, 15) is 4.79 Å². The van der Waals surface area contributed by atoms with Crippen molar-refractivity contribution in [2.75, 3.05) is 6.54 Å². The van der Waals surface area contributed by atoms with Crippen molar-refractivity contribution in [1.29, 1.82) is 5.26 Å². The molecule has 0 saturated carbocycles. The molecule has 1 N–H and O–H groups in total. The van der Waals surface area contributed by atoms with Crippen molar-refractivity contribution in [2.24, 2.45) is 0 Å². The molecule has 0 radical (unpaired) electrons. The number of amides is 1. The second kappa shape index (κ2) is 7.84. The van der Waals surface area contributed by atoms with Gasteiger partial charge in [-0.3, -0.25) is 0 Å².